The largest absolute Gasteiger partial charge is 0.353 e. The summed E-state index contributed by atoms with van der Waals surface area (Å²) in [5.74, 6) is -0.453. The lowest BCUT2D eigenvalue weighted by atomic mass is 9.83. The van der Waals surface area contributed by atoms with Gasteiger partial charge in [0.1, 0.15) is 12.0 Å². The van der Waals surface area contributed by atoms with Gasteiger partial charge in [0, 0.05) is 31.9 Å². The number of likely N-dealkylation sites (N-methyl/N-ethyl adjacent to an activating group) is 1. The van der Waals surface area contributed by atoms with E-state index in [0.717, 1.165) is 12.1 Å². The maximum atomic E-state index is 12.4. The second-order valence-corrected chi connectivity index (χ2v) is 7.18. The van der Waals surface area contributed by atoms with Crippen molar-refractivity contribution in [1.29, 1.82) is 0 Å². The van der Waals surface area contributed by atoms with Gasteiger partial charge < -0.3 is 15.5 Å². The highest BCUT2D eigenvalue weighted by molar-refractivity contribution is 6.03. The average molecular weight is 358 g/mol. The number of carbonyl (C=O) groups is 3. The Labute approximate surface area is 153 Å². The highest BCUT2D eigenvalue weighted by Crippen LogP contribution is 2.30. The van der Waals surface area contributed by atoms with Gasteiger partial charge in [0.15, 0.2) is 0 Å². The lowest BCUT2D eigenvalue weighted by Crippen LogP contribution is -2.67. The minimum absolute atomic E-state index is 0.0514. The second-order valence-electron chi connectivity index (χ2n) is 7.18. The van der Waals surface area contributed by atoms with Crippen LogP contribution in [0.5, 0.6) is 0 Å². The summed E-state index contributed by atoms with van der Waals surface area (Å²) >= 11 is 0. The van der Waals surface area contributed by atoms with E-state index < -0.39 is 5.54 Å². The summed E-state index contributed by atoms with van der Waals surface area (Å²) in [6.07, 6.45) is 1.02. The van der Waals surface area contributed by atoms with E-state index in [9.17, 15) is 14.4 Å². The Kier molecular flexibility index (Phi) is 5.27. The van der Waals surface area contributed by atoms with Crippen molar-refractivity contribution in [3.05, 3.63) is 29.8 Å². The first-order valence-electron chi connectivity index (χ1n) is 9.04. The molecule has 2 aliphatic rings. The number of benzene rings is 1. The number of carbonyl (C=O) groups excluding carboxylic acids is 3. The quantitative estimate of drug-likeness (QED) is 0.781. The SMILES string of the molecule is Cc1ccc(NC(=O)CC(=O)N2CCC3(CC2)C(=O)NCCN3C)cc1. The van der Waals surface area contributed by atoms with Crippen LogP contribution < -0.4 is 10.6 Å². The third kappa shape index (κ3) is 3.72. The summed E-state index contributed by atoms with van der Waals surface area (Å²) in [5, 5.41) is 5.68. The van der Waals surface area contributed by atoms with E-state index in [4.69, 9.17) is 0 Å². The van der Waals surface area contributed by atoms with Crippen molar-refractivity contribution in [3.8, 4) is 0 Å². The molecular formula is C19H26N4O3. The highest BCUT2D eigenvalue weighted by Gasteiger charge is 2.47. The lowest BCUT2D eigenvalue weighted by molar-refractivity contribution is -0.145. The van der Waals surface area contributed by atoms with Crippen LogP contribution >= 0.6 is 0 Å². The zero-order valence-electron chi connectivity index (χ0n) is 15.4. The van der Waals surface area contributed by atoms with Gasteiger partial charge in [0.25, 0.3) is 0 Å². The molecule has 7 nitrogen and oxygen atoms in total. The molecule has 3 rings (SSSR count). The van der Waals surface area contributed by atoms with Gasteiger partial charge >= 0.3 is 0 Å². The van der Waals surface area contributed by atoms with Crippen LogP contribution in [0.15, 0.2) is 24.3 Å². The molecule has 2 saturated heterocycles. The minimum atomic E-state index is -0.515. The van der Waals surface area contributed by atoms with Gasteiger partial charge in [-0.15, -0.1) is 0 Å². The molecule has 1 aromatic rings. The summed E-state index contributed by atoms with van der Waals surface area (Å²) in [4.78, 5) is 40.7. The number of rotatable bonds is 3. The molecule has 2 N–H and O–H groups in total. The van der Waals surface area contributed by atoms with Gasteiger partial charge in [-0.05, 0) is 38.9 Å². The molecule has 2 heterocycles. The monoisotopic (exact) mass is 358 g/mol. The number of nitrogens with one attached hydrogen (secondary N) is 2. The number of anilines is 1. The zero-order valence-corrected chi connectivity index (χ0v) is 15.4. The second kappa shape index (κ2) is 7.45. The Morgan fingerprint density at radius 1 is 1.15 bits per heavy atom. The molecule has 0 unspecified atom stereocenters. The number of likely N-dealkylation sites (tertiary alicyclic amines) is 1. The first-order valence-corrected chi connectivity index (χ1v) is 9.04. The molecule has 0 radical (unpaired) electrons. The number of hydrogen-bond donors (Lipinski definition) is 2. The van der Waals surface area contributed by atoms with Crippen LogP contribution in [0.2, 0.25) is 0 Å². The minimum Gasteiger partial charge on any atom is -0.353 e. The number of nitrogens with zero attached hydrogens (tertiary/aromatic N) is 2. The standard InChI is InChI=1S/C19H26N4O3/c1-14-3-5-15(6-4-14)21-16(24)13-17(25)23-10-7-19(8-11-23)18(26)20-9-12-22(19)2/h3-6H,7-13H2,1-2H3,(H,20,26)(H,21,24). The molecule has 2 aliphatic heterocycles. The van der Waals surface area contributed by atoms with Crippen molar-refractivity contribution in [3.63, 3.8) is 0 Å². The maximum absolute atomic E-state index is 12.4. The van der Waals surface area contributed by atoms with E-state index in [2.05, 4.69) is 15.5 Å². The topological polar surface area (TPSA) is 81.8 Å². The van der Waals surface area contributed by atoms with Gasteiger partial charge in [-0.25, -0.2) is 0 Å². The van der Waals surface area contributed by atoms with Crippen LogP contribution in [0.3, 0.4) is 0 Å². The zero-order chi connectivity index (χ0) is 18.7. The predicted octanol–water partition coefficient (Wildman–Crippen LogP) is 0.746. The molecular weight excluding hydrogens is 332 g/mol. The number of amides is 3. The molecule has 140 valence electrons. The Hall–Kier alpha value is -2.41. The third-order valence-electron chi connectivity index (χ3n) is 5.48. The summed E-state index contributed by atoms with van der Waals surface area (Å²) in [5.41, 5.74) is 1.28. The van der Waals surface area contributed by atoms with Gasteiger partial charge in [-0.1, -0.05) is 17.7 Å². The summed E-state index contributed by atoms with van der Waals surface area (Å²) in [6.45, 7) is 4.45. The van der Waals surface area contributed by atoms with E-state index in [1.807, 2.05) is 38.2 Å². The number of piperazine rings is 1. The maximum Gasteiger partial charge on any atom is 0.240 e. The highest BCUT2D eigenvalue weighted by atomic mass is 16.2. The molecule has 3 amide bonds. The molecule has 2 fully saturated rings. The van der Waals surface area contributed by atoms with E-state index in [0.29, 0.717) is 38.2 Å². The van der Waals surface area contributed by atoms with Crippen molar-refractivity contribution in [2.75, 3.05) is 38.5 Å². The van der Waals surface area contributed by atoms with Crippen molar-refractivity contribution in [2.24, 2.45) is 0 Å². The fourth-order valence-corrected chi connectivity index (χ4v) is 3.72. The molecule has 0 saturated carbocycles. The Bertz CT molecular complexity index is 693. The lowest BCUT2D eigenvalue weighted by Gasteiger charge is -2.48. The van der Waals surface area contributed by atoms with Gasteiger partial charge in [-0.2, -0.15) is 0 Å². The van der Waals surface area contributed by atoms with Crippen molar-refractivity contribution >= 4 is 23.4 Å². The van der Waals surface area contributed by atoms with Gasteiger partial charge in [0.05, 0.1) is 0 Å². The van der Waals surface area contributed by atoms with Gasteiger partial charge in [-0.3, -0.25) is 19.3 Å². The van der Waals surface area contributed by atoms with Crippen molar-refractivity contribution in [2.45, 2.75) is 31.7 Å². The number of aryl methyl sites for hydroxylation is 1. The first kappa shape index (κ1) is 18.4. The summed E-state index contributed by atoms with van der Waals surface area (Å²) < 4.78 is 0. The van der Waals surface area contributed by atoms with Crippen LogP contribution in [0.4, 0.5) is 5.69 Å². The molecule has 7 heteroatoms. The van der Waals surface area contributed by atoms with Crippen LogP contribution in [0.25, 0.3) is 0 Å². The van der Waals surface area contributed by atoms with Crippen LogP contribution in [-0.2, 0) is 14.4 Å². The molecule has 0 aromatic heterocycles. The molecule has 1 aromatic carbocycles. The molecule has 26 heavy (non-hydrogen) atoms. The van der Waals surface area contributed by atoms with E-state index in [1.54, 1.807) is 4.90 Å². The average Bonchev–Trinajstić information content (AvgIpc) is 2.62. The van der Waals surface area contributed by atoms with Crippen LogP contribution in [0.1, 0.15) is 24.8 Å². The smallest absolute Gasteiger partial charge is 0.240 e. The molecule has 0 aliphatic carbocycles. The first-order chi connectivity index (χ1) is 12.4. The normalized spacial score (nSPS) is 19.9. The Balaban J connectivity index is 1.52. The fourth-order valence-electron chi connectivity index (χ4n) is 3.72. The van der Waals surface area contributed by atoms with Crippen LogP contribution in [0, 0.1) is 6.92 Å². The Morgan fingerprint density at radius 3 is 2.42 bits per heavy atom. The molecule has 0 bridgehead atoms. The molecule has 1 spiro atoms. The Morgan fingerprint density at radius 2 is 1.81 bits per heavy atom. The predicted molar refractivity (Wildman–Crippen MR) is 98.6 cm³/mol. The summed E-state index contributed by atoms with van der Waals surface area (Å²) in [6, 6.07) is 7.46. The van der Waals surface area contributed by atoms with E-state index in [-0.39, 0.29) is 24.1 Å². The fraction of sp³-hybridized carbons (Fsp3) is 0.526. The van der Waals surface area contributed by atoms with Crippen molar-refractivity contribution < 1.29 is 14.4 Å². The van der Waals surface area contributed by atoms with Crippen molar-refractivity contribution in [1.82, 2.24) is 15.1 Å². The van der Waals surface area contributed by atoms with E-state index >= 15 is 0 Å². The third-order valence-corrected chi connectivity index (χ3v) is 5.48. The van der Waals surface area contributed by atoms with Gasteiger partial charge in [0.2, 0.25) is 17.7 Å². The summed E-state index contributed by atoms with van der Waals surface area (Å²) in [7, 11) is 1.96. The van der Waals surface area contributed by atoms with E-state index in [1.165, 1.54) is 0 Å². The van der Waals surface area contributed by atoms with Crippen LogP contribution in [-0.4, -0.2) is 66.3 Å². The number of hydrogen-bond acceptors (Lipinski definition) is 4. The number of piperidine rings is 1. The molecule has 0 atom stereocenters.